The van der Waals surface area contributed by atoms with Crippen molar-refractivity contribution in [3.05, 3.63) is 27.0 Å². The molecule has 1 fully saturated rings. The van der Waals surface area contributed by atoms with Gasteiger partial charge in [-0.3, -0.25) is 15.1 Å². The Balaban J connectivity index is 2.12. The van der Waals surface area contributed by atoms with E-state index in [0.29, 0.717) is 10.2 Å². The van der Waals surface area contributed by atoms with Crippen LogP contribution in [0.25, 0.3) is 0 Å². The zero-order valence-electron chi connectivity index (χ0n) is 11.0. The third-order valence-electron chi connectivity index (χ3n) is 3.83. The van der Waals surface area contributed by atoms with Gasteiger partial charge in [0.05, 0.1) is 9.40 Å². The standard InChI is InChI=1S/C13H18BrN3O2/c1-13(5-3-2-4-6-13)9-16-12-10(14)7-15-8-11(12)17(18)19/h7-8H,2-6,9H2,1H3,(H,15,16). The van der Waals surface area contributed by atoms with Crippen LogP contribution in [0.3, 0.4) is 0 Å². The number of rotatable bonds is 4. The summed E-state index contributed by atoms with van der Waals surface area (Å²) in [6.45, 7) is 3.01. The molecule has 1 aromatic rings. The van der Waals surface area contributed by atoms with E-state index in [-0.39, 0.29) is 11.1 Å². The Hall–Kier alpha value is -1.17. The minimum absolute atomic E-state index is 0.0220. The Morgan fingerprint density at radius 1 is 1.42 bits per heavy atom. The molecule has 0 saturated heterocycles. The van der Waals surface area contributed by atoms with E-state index >= 15 is 0 Å². The quantitative estimate of drug-likeness (QED) is 0.666. The highest BCUT2D eigenvalue weighted by Gasteiger charge is 2.28. The number of anilines is 1. The Morgan fingerprint density at radius 2 is 2.11 bits per heavy atom. The summed E-state index contributed by atoms with van der Waals surface area (Å²) in [5.74, 6) is 0. The highest BCUT2D eigenvalue weighted by Crippen LogP contribution is 2.38. The van der Waals surface area contributed by atoms with Crippen LogP contribution in [0.5, 0.6) is 0 Å². The zero-order chi connectivity index (χ0) is 13.9. The van der Waals surface area contributed by atoms with E-state index in [4.69, 9.17) is 0 Å². The van der Waals surface area contributed by atoms with Crippen LogP contribution < -0.4 is 5.32 Å². The van der Waals surface area contributed by atoms with Crippen LogP contribution in [0.1, 0.15) is 39.0 Å². The van der Waals surface area contributed by atoms with Crippen LogP contribution in [0.15, 0.2) is 16.9 Å². The fraction of sp³-hybridized carbons (Fsp3) is 0.615. The van der Waals surface area contributed by atoms with E-state index < -0.39 is 4.92 Å². The summed E-state index contributed by atoms with van der Waals surface area (Å²) in [4.78, 5) is 14.5. The van der Waals surface area contributed by atoms with Gasteiger partial charge in [0.2, 0.25) is 0 Å². The van der Waals surface area contributed by atoms with E-state index in [9.17, 15) is 10.1 Å². The number of hydrogen-bond donors (Lipinski definition) is 1. The molecule has 5 nitrogen and oxygen atoms in total. The van der Waals surface area contributed by atoms with Crippen LogP contribution >= 0.6 is 15.9 Å². The lowest BCUT2D eigenvalue weighted by Crippen LogP contribution is -2.29. The number of halogens is 1. The third kappa shape index (κ3) is 3.43. The molecule has 0 spiro atoms. The molecule has 1 aliphatic carbocycles. The van der Waals surface area contributed by atoms with Crippen molar-refractivity contribution in [1.82, 2.24) is 4.98 Å². The average Bonchev–Trinajstić information content (AvgIpc) is 2.38. The summed E-state index contributed by atoms with van der Waals surface area (Å²) in [6.07, 6.45) is 9.02. The Labute approximate surface area is 121 Å². The molecule has 0 atom stereocenters. The molecule has 1 N–H and O–H groups in total. The van der Waals surface area contributed by atoms with Crippen LogP contribution in [-0.2, 0) is 0 Å². The number of nitrogens with one attached hydrogen (secondary N) is 1. The van der Waals surface area contributed by atoms with E-state index in [0.717, 1.165) is 6.54 Å². The predicted octanol–water partition coefficient (Wildman–Crippen LogP) is 4.13. The lowest BCUT2D eigenvalue weighted by molar-refractivity contribution is -0.384. The molecule has 0 aliphatic heterocycles. The van der Waals surface area contributed by atoms with Crippen molar-refractivity contribution in [2.75, 3.05) is 11.9 Å². The predicted molar refractivity (Wildman–Crippen MR) is 78.3 cm³/mol. The van der Waals surface area contributed by atoms with Gasteiger partial charge in [-0.1, -0.05) is 26.2 Å². The monoisotopic (exact) mass is 327 g/mol. The first-order chi connectivity index (χ1) is 9.02. The highest BCUT2D eigenvalue weighted by atomic mass is 79.9. The van der Waals surface area contributed by atoms with Gasteiger partial charge in [0, 0.05) is 12.7 Å². The Morgan fingerprint density at radius 3 is 2.74 bits per heavy atom. The van der Waals surface area contributed by atoms with Crippen molar-refractivity contribution in [3.63, 3.8) is 0 Å². The lowest BCUT2D eigenvalue weighted by Gasteiger charge is -2.34. The van der Waals surface area contributed by atoms with Crippen molar-refractivity contribution < 1.29 is 4.92 Å². The van der Waals surface area contributed by atoms with Gasteiger partial charge in [-0.25, -0.2) is 0 Å². The second kappa shape index (κ2) is 5.86. The smallest absolute Gasteiger partial charge is 0.311 e. The molecule has 1 aliphatic rings. The summed E-state index contributed by atoms with van der Waals surface area (Å²) in [7, 11) is 0. The number of aromatic nitrogens is 1. The summed E-state index contributed by atoms with van der Waals surface area (Å²) < 4.78 is 0.640. The maximum Gasteiger partial charge on any atom is 0.311 e. The van der Waals surface area contributed by atoms with Crippen LogP contribution in [0, 0.1) is 15.5 Å². The molecule has 6 heteroatoms. The molecule has 1 saturated carbocycles. The van der Waals surface area contributed by atoms with E-state index in [1.807, 2.05) is 0 Å². The maximum absolute atomic E-state index is 11.0. The maximum atomic E-state index is 11.0. The molecule has 0 amide bonds. The molecular formula is C13H18BrN3O2. The van der Waals surface area contributed by atoms with Gasteiger partial charge < -0.3 is 5.32 Å². The topological polar surface area (TPSA) is 68.1 Å². The van der Waals surface area contributed by atoms with Gasteiger partial charge in [-0.05, 0) is 34.2 Å². The molecule has 0 bridgehead atoms. The van der Waals surface area contributed by atoms with Crippen molar-refractivity contribution >= 4 is 27.3 Å². The lowest BCUT2D eigenvalue weighted by atomic mass is 9.76. The minimum atomic E-state index is -0.400. The second-order valence-corrected chi connectivity index (χ2v) is 6.35. The summed E-state index contributed by atoms with van der Waals surface area (Å²) in [6, 6.07) is 0. The fourth-order valence-corrected chi connectivity index (χ4v) is 3.08. The van der Waals surface area contributed by atoms with Crippen molar-refractivity contribution in [1.29, 1.82) is 0 Å². The normalized spacial score (nSPS) is 18.0. The first-order valence-electron chi connectivity index (χ1n) is 6.54. The van der Waals surface area contributed by atoms with E-state index in [2.05, 4.69) is 33.2 Å². The van der Waals surface area contributed by atoms with Crippen LogP contribution in [0.2, 0.25) is 0 Å². The van der Waals surface area contributed by atoms with Gasteiger partial charge >= 0.3 is 5.69 Å². The molecule has 2 rings (SSSR count). The van der Waals surface area contributed by atoms with E-state index in [1.54, 1.807) is 6.20 Å². The van der Waals surface area contributed by atoms with E-state index in [1.165, 1.54) is 38.3 Å². The Kier molecular flexibility index (Phi) is 4.39. The van der Waals surface area contributed by atoms with Crippen LogP contribution in [-0.4, -0.2) is 16.5 Å². The average molecular weight is 328 g/mol. The van der Waals surface area contributed by atoms with Gasteiger partial charge in [0.25, 0.3) is 0 Å². The van der Waals surface area contributed by atoms with Crippen LogP contribution in [0.4, 0.5) is 11.4 Å². The molecular weight excluding hydrogens is 310 g/mol. The Bertz CT molecular complexity index is 473. The van der Waals surface area contributed by atoms with Gasteiger partial charge in [0.15, 0.2) is 0 Å². The van der Waals surface area contributed by atoms with Crippen molar-refractivity contribution in [2.45, 2.75) is 39.0 Å². The number of nitro groups is 1. The fourth-order valence-electron chi connectivity index (χ4n) is 2.62. The summed E-state index contributed by atoms with van der Waals surface area (Å²) in [5.41, 5.74) is 0.787. The number of hydrogen-bond acceptors (Lipinski definition) is 4. The first-order valence-corrected chi connectivity index (χ1v) is 7.33. The largest absolute Gasteiger partial charge is 0.378 e. The molecule has 0 radical (unpaired) electrons. The molecule has 0 unspecified atom stereocenters. The first kappa shape index (κ1) is 14.2. The third-order valence-corrected chi connectivity index (χ3v) is 4.43. The van der Waals surface area contributed by atoms with Crippen molar-refractivity contribution in [3.8, 4) is 0 Å². The summed E-state index contributed by atoms with van der Waals surface area (Å²) in [5, 5.41) is 14.3. The van der Waals surface area contributed by atoms with Gasteiger partial charge in [-0.15, -0.1) is 0 Å². The minimum Gasteiger partial charge on any atom is -0.378 e. The SMILES string of the molecule is CC1(CNc2c(Br)cncc2[N+](=O)[O-])CCCCC1. The molecule has 1 aromatic heterocycles. The molecule has 104 valence electrons. The zero-order valence-corrected chi connectivity index (χ0v) is 12.6. The second-order valence-electron chi connectivity index (χ2n) is 5.50. The number of nitrogens with zero attached hydrogens (tertiary/aromatic N) is 2. The molecule has 19 heavy (non-hydrogen) atoms. The van der Waals surface area contributed by atoms with Gasteiger partial charge in [0.1, 0.15) is 11.9 Å². The molecule has 0 aromatic carbocycles. The highest BCUT2D eigenvalue weighted by molar-refractivity contribution is 9.10. The number of pyridine rings is 1. The summed E-state index contributed by atoms with van der Waals surface area (Å²) >= 11 is 3.33. The van der Waals surface area contributed by atoms with Crippen molar-refractivity contribution in [2.24, 2.45) is 5.41 Å². The molecule has 1 heterocycles. The van der Waals surface area contributed by atoms with Gasteiger partial charge in [-0.2, -0.15) is 0 Å².